The maximum Gasteiger partial charge on any atom is 0.261 e. The molecule has 0 aliphatic rings. The van der Waals surface area contributed by atoms with Gasteiger partial charge in [0.05, 0.1) is 0 Å². The van der Waals surface area contributed by atoms with Crippen molar-refractivity contribution in [2.24, 2.45) is 0 Å². The Kier molecular flexibility index (Phi) is 9.29. The highest BCUT2D eigenvalue weighted by atomic mass is 16.5. The van der Waals surface area contributed by atoms with Crippen LogP contribution in [0.15, 0.2) is 78.9 Å². The van der Waals surface area contributed by atoms with Crippen LogP contribution in [0.25, 0.3) is 0 Å². The average molecular weight is 487 g/mol. The van der Waals surface area contributed by atoms with Crippen molar-refractivity contribution < 1.29 is 14.3 Å². The minimum Gasteiger partial charge on any atom is -0.484 e. The van der Waals surface area contributed by atoms with Crippen LogP contribution in [0.3, 0.4) is 0 Å². The Morgan fingerprint density at radius 2 is 1.56 bits per heavy atom. The third kappa shape index (κ3) is 8.26. The van der Waals surface area contributed by atoms with Gasteiger partial charge in [-0.25, -0.2) is 0 Å². The third-order valence-corrected chi connectivity index (χ3v) is 5.90. The lowest BCUT2D eigenvalue weighted by Gasteiger charge is -2.33. The predicted molar refractivity (Wildman–Crippen MR) is 145 cm³/mol. The summed E-state index contributed by atoms with van der Waals surface area (Å²) >= 11 is 0. The smallest absolute Gasteiger partial charge is 0.261 e. The van der Waals surface area contributed by atoms with Gasteiger partial charge in [-0.1, -0.05) is 79.2 Å². The molecule has 0 radical (unpaired) electrons. The number of nitrogens with one attached hydrogen (secondary N) is 1. The van der Waals surface area contributed by atoms with E-state index in [2.05, 4.69) is 12.2 Å². The largest absolute Gasteiger partial charge is 0.484 e. The summed E-state index contributed by atoms with van der Waals surface area (Å²) in [6.45, 7) is 10.1. The Balaban J connectivity index is 1.91. The SMILES string of the molecule is CCc1ccc(OCC(=O)N(Cc2cccc(C)c2)[C@@H](Cc2ccccc2)C(=O)NC(C)(C)C)cc1. The summed E-state index contributed by atoms with van der Waals surface area (Å²) in [4.78, 5) is 28.9. The van der Waals surface area contributed by atoms with Gasteiger partial charge in [0.15, 0.2) is 6.61 Å². The zero-order valence-electron chi connectivity index (χ0n) is 22.1. The molecule has 5 nitrogen and oxygen atoms in total. The zero-order chi connectivity index (χ0) is 26.1. The Labute approximate surface area is 215 Å². The van der Waals surface area contributed by atoms with Gasteiger partial charge in [-0.05, 0) is 62.9 Å². The fourth-order valence-corrected chi connectivity index (χ4v) is 4.06. The summed E-state index contributed by atoms with van der Waals surface area (Å²) in [7, 11) is 0. The van der Waals surface area contributed by atoms with Crippen molar-refractivity contribution in [1.29, 1.82) is 0 Å². The molecule has 1 atom stereocenters. The molecule has 0 unspecified atom stereocenters. The van der Waals surface area contributed by atoms with Crippen LogP contribution in [0.1, 0.15) is 49.9 Å². The highest BCUT2D eigenvalue weighted by Gasteiger charge is 2.32. The van der Waals surface area contributed by atoms with Crippen molar-refractivity contribution in [3.8, 4) is 5.75 Å². The van der Waals surface area contributed by atoms with Gasteiger partial charge < -0.3 is 15.0 Å². The van der Waals surface area contributed by atoms with Crippen LogP contribution >= 0.6 is 0 Å². The Morgan fingerprint density at radius 1 is 0.889 bits per heavy atom. The van der Waals surface area contributed by atoms with E-state index in [9.17, 15) is 9.59 Å². The monoisotopic (exact) mass is 486 g/mol. The summed E-state index contributed by atoms with van der Waals surface area (Å²) in [5.41, 5.74) is 3.84. The van der Waals surface area contributed by atoms with Gasteiger partial charge in [0.1, 0.15) is 11.8 Å². The van der Waals surface area contributed by atoms with Gasteiger partial charge in [-0.2, -0.15) is 0 Å². The first-order valence-corrected chi connectivity index (χ1v) is 12.6. The van der Waals surface area contributed by atoms with Crippen LogP contribution in [-0.4, -0.2) is 34.9 Å². The van der Waals surface area contributed by atoms with Crippen molar-refractivity contribution >= 4 is 11.8 Å². The summed E-state index contributed by atoms with van der Waals surface area (Å²) in [5, 5.41) is 3.08. The van der Waals surface area contributed by atoms with Gasteiger partial charge >= 0.3 is 0 Å². The number of amides is 2. The molecule has 0 aliphatic carbocycles. The topological polar surface area (TPSA) is 58.6 Å². The molecule has 0 bridgehead atoms. The van der Waals surface area contributed by atoms with Crippen LogP contribution in [0.2, 0.25) is 0 Å². The number of ether oxygens (including phenoxy) is 1. The number of benzene rings is 3. The summed E-state index contributed by atoms with van der Waals surface area (Å²) < 4.78 is 5.87. The number of hydrogen-bond donors (Lipinski definition) is 1. The second-order valence-electron chi connectivity index (χ2n) is 10.2. The molecule has 190 valence electrons. The fraction of sp³-hybridized carbons (Fsp3) is 0.355. The molecule has 2 amide bonds. The lowest BCUT2D eigenvalue weighted by molar-refractivity contribution is -0.143. The average Bonchev–Trinajstić information content (AvgIpc) is 2.84. The van der Waals surface area contributed by atoms with E-state index in [-0.39, 0.29) is 18.4 Å². The normalized spacial score (nSPS) is 12.0. The maximum absolute atomic E-state index is 13.7. The Hall–Kier alpha value is -3.60. The summed E-state index contributed by atoms with van der Waals surface area (Å²) in [6.07, 6.45) is 1.35. The molecule has 0 spiro atoms. The molecule has 0 fully saturated rings. The molecule has 3 aromatic rings. The molecule has 0 aliphatic heterocycles. The van der Waals surface area contributed by atoms with Crippen LogP contribution in [0.5, 0.6) is 5.75 Å². The van der Waals surface area contributed by atoms with Gasteiger partial charge in [0.2, 0.25) is 5.91 Å². The van der Waals surface area contributed by atoms with Crippen LogP contribution in [0.4, 0.5) is 0 Å². The molecule has 1 N–H and O–H groups in total. The lowest BCUT2D eigenvalue weighted by Crippen LogP contribution is -2.55. The van der Waals surface area contributed by atoms with E-state index in [1.165, 1.54) is 5.56 Å². The van der Waals surface area contributed by atoms with E-state index in [1.54, 1.807) is 4.90 Å². The number of rotatable bonds is 10. The molecular weight excluding hydrogens is 448 g/mol. The van der Waals surface area contributed by atoms with Crippen LogP contribution < -0.4 is 10.1 Å². The van der Waals surface area contributed by atoms with Crippen LogP contribution in [-0.2, 0) is 29.0 Å². The first-order valence-electron chi connectivity index (χ1n) is 12.6. The van der Waals surface area contributed by atoms with E-state index in [0.29, 0.717) is 18.7 Å². The van der Waals surface area contributed by atoms with Gasteiger partial charge in [0.25, 0.3) is 5.91 Å². The van der Waals surface area contributed by atoms with Crippen molar-refractivity contribution in [2.45, 2.75) is 65.6 Å². The van der Waals surface area contributed by atoms with Crippen molar-refractivity contribution in [1.82, 2.24) is 10.2 Å². The third-order valence-electron chi connectivity index (χ3n) is 5.90. The standard InChI is InChI=1S/C31H38N2O3/c1-6-24-15-17-27(18-16-24)36-22-29(34)33(21-26-14-10-11-23(2)19-26)28(30(35)32-31(3,4)5)20-25-12-8-7-9-13-25/h7-19,28H,6,20-22H2,1-5H3,(H,32,35)/t28-/m0/s1. The Morgan fingerprint density at radius 3 is 2.17 bits per heavy atom. The molecule has 0 saturated carbocycles. The van der Waals surface area contributed by atoms with E-state index in [0.717, 1.165) is 23.1 Å². The molecule has 0 heterocycles. The van der Waals surface area contributed by atoms with Crippen molar-refractivity contribution in [3.63, 3.8) is 0 Å². The summed E-state index contributed by atoms with van der Waals surface area (Å²) in [6, 6.07) is 24.9. The van der Waals surface area contributed by atoms with E-state index < -0.39 is 11.6 Å². The highest BCUT2D eigenvalue weighted by molar-refractivity contribution is 5.89. The second-order valence-corrected chi connectivity index (χ2v) is 10.2. The number of carbonyl (C=O) groups is 2. The fourth-order valence-electron chi connectivity index (χ4n) is 4.06. The number of nitrogens with zero attached hydrogens (tertiary/aromatic N) is 1. The molecular formula is C31H38N2O3. The van der Waals surface area contributed by atoms with Crippen molar-refractivity contribution in [3.05, 3.63) is 101 Å². The zero-order valence-corrected chi connectivity index (χ0v) is 22.1. The van der Waals surface area contributed by atoms with E-state index in [1.807, 2.05) is 107 Å². The second kappa shape index (κ2) is 12.4. The minimum absolute atomic E-state index is 0.147. The predicted octanol–water partition coefficient (Wildman–Crippen LogP) is 5.49. The molecule has 36 heavy (non-hydrogen) atoms. The lowest BCUT2D eigenvalue weighted by atomic mass is 10.0. The molecule has 3 rings (SSSR count). The molecule has 3 aromatic carbocycles. The van der Waals surface area contributed by atoms with Crippen LogP contribution in [0, 0.1) is 6.92 Å². The van der Waals surface area contributed by atoms with Crippen molar-refractivity contribution in [2.75, 3.05) is 6.61 Å². The maximum atomic E-state index is 13.7. The molecule has 5 heteroatoms. The van der Waals surface area contributed by atoms with E-state index in [4.69, 9.17) is 4.74 Å². The Bertz CT molecular complexity index is 1130. The quantitative estimate of drug-likeness (QED) is 0.412. The first-order chi connectivity index (χ1) is 17.1. The summed E-state index contributed by atoms with van der Waals surface area (Å²) in [5.74, 6) is 0.218. The molecule has 0 aromatic heterocycles. The first kappa shape index (κ1) is 27.0. The number of hydrogen-bond acceptors (Lipinski definition) is 3. The van der Waals surface area contributed by atoms with E-state index >= 15 is 0 Å². The van der Waals surface area contributed by atoms with Gasteiger partial charge in [-0.15, -0.1) is 0 Å². The number of carbonyl (C=O) groups excluding carboxylic acids is 2. The van der Waals surface area contributed by atoms with Gasteiger partial charge in [-0.3, -0.25) is 9.59 Å². The molecule has 0 saturated heterocycles. The minimum atomic E-state index is -0.689. The van der Waals surface area contributed by atoms with Gasteiger partial charge in [0, 0.05) is 18.5 Å². The highest BCUT2D eigenvalue weighted by Crippen LogP contribution is 2.18. The number of aryl methyl sites for hydroxylation is 2.